The van der Waals surface area contributed by atoms with Crippen molar-refractivity contribution in [3.63, 3.8) is 0 Å². The van der Waals surface area contributed by atoms with Crippen LogP contribution in [0.1, 0.15) is 26.2 Å². The third-order valence-corrected chi connectivity index (χ3v) is 4.83. The van der Waals surface area contributed by atoms with E-state index in [2.05, 4.69) is 42.3 Å². The molecule has 0 N–H and O–H groups in total. The van der Waals surface area contributed by atoms with Gasteiger partial charge in [-0.25, -0.2) is 0 Å². The quantitative estimate of drug-likeness (QED) is 0.627. The Morgan fingerprint density at radius 3 is 2.73 bits per heavy atom. The maximum absolute atomic E-state index is 2.59. The van der Waals surface area contributed by atoms with E-state index >= 15 is 0 Å². The summed E-state index contributed by atoms with van der Waals surface area (Å²) in [7, 11) is 0. The van der Waals surface area contributed by atoms with Crippen molar-refractivity contribution in [2.75, 3.05) is 0 Å². The molecular formula is C14H17N. The Labute approximate surface area is 91.2 Å². The summed E-state index contributed by atoms with van der Waals surface area (Å²) in [6, 6.07) is 0. The standard InChI is InChI=1S/C14H17N/c1-10-3-2-4-13-12(10)5-6-15(13)14-7-11(8-14)9-14/h2-6,10-12H,7-9H2,1H3. The number of allylic oxidation sites excluding steroid dienone is 4. The van der Waals surface area contributed by atoms with E-state index in [0.717, 1.165) is 5.92 Å². The van der Waals surface area contributed by atoms with Crippen LogP contribution >= 0.6 is 0 Å². The molecule has 1 aliphatic heterocycles. The Morgan fingerprint density at radius 1 is 1.27 bits per heavy atom. The van der Waals surface area contributed by atoms with Crippen molar-refractivity contribution >= 4 is 0 Å². The topological polar surface area (TPSA) is 3.24 Å². The van der Waals surface area contributed by atoms with E-state index in [4.69, 9.17) is 0 Å². The summed E-state index contributed by atoms with van der Waals surface area (Å²) in [5.74, 6) is 2.40. The molecule has 0 radical (unpaired) electrons. The molecule has 0 aromatic carbocycles. The molecule has 0 amide bonds. The third kappa shape index (κ3) is 0.854. The van der Waals surface area contributed by atoms with Crippen molar-refractivity contribution in [2.24, 2.45) is 17.8 Å². The summed E-state index contributed by atoms with van der Waals surface area (Å²) < 4.78 is 0. The monoisotopic (exact) mass is 199 g/mol. The molecule has 0 aromatic heterocycles. The lowest BCUT2D eigenvalue weighted by molar-refractivity contribution is -0.108. The highest BCUT2D eigenvalue weighted by Gasteiger charge is 2.61. The summed E-state index contributed by atoms with van der Waals surface area (Å²) in [6.07, 6.45) is 16.0. The van der Waals surface area contributed by atoms with Gasteiger partial charge in [-0.3, -0.25) is 0 Å². The predicted octanol–water partition coefficient (Wildman–Crippen LogP) is 3.07. The van der Waals surface area contributed by atoms with Crippen LogP contribution in [0.4, 0.5) is 0 Å². The minimum absolute atomic E-state index is 0.562. The predicted molar refractivity (Wildman–Crippen MR) is 60.9 cm³/mol. The Morgan fingerprint density at radius 2 is 2.07 bits per heavy atom. The largest absolute Gasteiger partial charge is 0.345 e. The molecule has 1 nitrogen and oxygen atoms in total. The molecule has 0 aromatic rings. The fourth-order valence-corrected chi connectivity index (χ4v) is 3.77. The van der Waals surface area contributed by atoms with E-state index in [-0.39, 0.29) is 0 Å². The van der Waals surface area contributed by atoms with Crippen molar-refractivity contribution in [3.05, 3.63) is 36.2 Å². The molecule has 2 atom stereocenters. The van der Waals surface area contributed by atoms with E-state index < -0.39 is 0 Å². The van der Waals surface area contributed by atoms with Gasteiger partial charge in [0.05, 0.1) is 0 Å². The Bertz CT molecular complexity index is 385. The van der Waals surface area contributed by atoms with Gasteiger partial charge in [0.25, 0.3) is 0 Å². The van der Waals surface area contributed by atoms with Gasteiger partial charge in [-0.15, -0.1) is 0 Å². The van der Waals surface area contributed by atoms with Crippen molar-refractivity contribution in [2.45, 2.75) is 31.7 Å². The minimum Gasteiger partial charge on any atom is -0.345 e. The second-order valence-electron chi connectivity index (χ2n) is 5.78. The number of hydrogen-bond acceptors (Lipinski definition) is 1. The first-order valence-electron chi connectivity index (χ1n) is 6.15. The maximum Gasteiger partial charge on any atom is 0.0450 e. The van der Waals surface area contributed by atoms with E-state index in [9.17, 15) is 0 Å². The number of fused-ring (bicyclic) bond motifs is 1. The average Bonchev–Trinajstić information content (AvgIpc) is 2.46. The molecule has 0 saturated heterocycles. The molecule has 3 fully saturated rings. The molecule has 5 aliphatic rings. The third-order valence-electron chi connectivity index (χ3n) is 4.83. The minimum atomic E-state index is 0.562. The molecule has 1 heterocycles. The Kier molecular flexibility index (Phi) is 1.31. The highest BCUT2D eigenvalue weighted by Crippen LogP contribution is 2.63. The first-order chi connectivity index (χ1) is 7.28. The fraction of sp³-hybridized carbons (Fsp3) is 0.571. The highest BCUT2D eigenvalue weighted by atomic mass is 15.3. The van der Waals surface area contributed by atoms with Crippen LogP contribution in [-0.4, -0.2) is 10.4 Å². The first kappa shape index (κ1) is 8.20. The lowest BCUT2D eigenvalue weighted by Crippen LogP contribution is -2.66. The Balaban J connectivity index is 1.70. The smallest absolute Gasteiger partial charge is 0.0450 e. The van der Waals surface area contributed by atoms with Gasteiger partial charge in [0.15, 0.2) is 0 Å². The number of rotatable bonds is 1. The first-order valence-corrected chi connectivity index (χ1v) is 6.15. The van der Waals surface area contributed by atoms with Gasteiger partial charge >= 0.3 is 0 Å². The van der Waals surface area contributed by atoms with Gasteiger partial charge < -0.3 is 4.90 Å². The molecule has 4 aliphatic carbocycles. The van der Waals surface area contributed by atoms with Crippen LogP contribution in [0.2, 0.25) is 0 Å². The molecule has 78 valence electrons. The summed E-state index contributed by atoms with van der Waals surface area (Å²) in [5.41, 5.74) is 2.12. The lowest BCUT2D eigenvalue weighted by Gasteiger charge is -2.66. The van der Waals surface area contributed by atoms with Crippen LogP contribution in [0.3, 0.4) is 0 Å². The summed E-state index contributed by atoms with van der Waals surface area (Å²) in [6.45, 7) is 2.32. The second kappa shape index (κ2) is 2.40. The number of nitrogens with zero attached hydrogens (tertiary/aromatic N) is 1. The molecule has 5 rings (SSSR count). The van der Waals surface area contributed by atoms with Crippen LogP contribution < -0.4 is 0 Å². The fourth-order valence-electron chi connectivity index (χ4n) is 3.77. The SMILES string of the molecule is CC1C=CC=C2C1C=CN2C12CC(C1)C2. The van der Waals surface area contributed by atoms with Gasteiger partial charge in [0, 0.05) is 23.4 Å². The van der Waals surface area contributed by atoms with E-state index in [1.807, 2.05) is 0 Å². The molecule has 3 saturated carbocycles. The average molecular weight is 199 g/mol. The lowest BCUT2D eigenvalue weighted by atomic mass is 9.49. The zero-order chi connectivity index (χ0) is 10.0. The number of hydrogen-bond donors (Lipinski definition) is 0. The second-order valence-corrected chi connectivity index (χ2v) is 5.78. The molecule has 2 unspecified atom stereocenters. The molecule has 2 bridgehead atoms. The molecule has 1 heteroatoms. The molecule has 15 heavy (non-hydrogen) atoms. The van der Waals surface area contributed by atoms with Gasteiger partial charge in [0.1, 0.15) is 0 Å². The zero-order valence-electron chi connectivity index (χ0n) is 9.19. The van der Waals surface area contributed by atoms with Crippen LogP contribution in [0.15, 0.2) is 36.2 Å². The van der Waals surface area contributed by atoms with Crippen molar-refractivity contribution in [1.82, 2.24) is 4.90 Å². The van der Waals surface area contributed by atoms with E-state index in [1.165, 1.54) is 19.3 Å². The summed E-state index contributed by atoms with van der Waals surface area (Å²) >= 11 is 0. The van der Waals surface area contributed by atoms with Crippen LogP contribution in [0.25, 0.3) is 0 Å². The summed E-state index contributed by atoms with van der Waals surface area (Å²) in [5, 5.41) is 0. The van der Waals surface area contributed by atoms with Crippen LogP contribution in [0.5, 0.6) is 0 Å². The molecular weight excluding hydrogens is 182 g/mol. The van der Waals surface area contributed by atoms with E-state index in [0.29, 0.717) is 17.4 Å². The van der Waals surface area contributed by atoms with Crippen molar-refractivity contribution in [1.29, 1.82) is 0 Å². The Hall–Kier alpha value is -0.980. The van der Waals surface area contributed by atoms with Gasteiger partial charge in [-0.2, -0.15) is 0 Å². The van der Waals surface area contributed by atoms with Gasteiger partial charge in [0.2, 0.25) is 0 Å². The highest BCUT2D eigenvalue weighted by molar-refractivity contribution is 5.36. The van der Waals surface area contributed by atoms with E-state index in [1.54, 1.807) is 5.70 Å². The van der Waals surface area contributed by atoms with Gasteiger partial charge in [-0.1, -0.05) is 25.2 Å². The maximum atomic E-state index is 2.59. The zero-order valence-corrected chi connectivity index (χ0v) is 9.19. The molecule has 0 spiro atoms. The summed E-state index contributed by atoms with van der Waals surface area (Å²) in [4.78, 5) is 2.59. The normalized spacial score (nSPS) is 49.5. The van der Waals surface area contributed by atoms with Crippen molar-refractivity contribution in [3.8, 4) is 0 Å². The van der Waals surface area contributed by atoms with Crippen LogP contribution in [-0.2, 0) is 0 Å². The van der Waals surface area contributed by atoms with Crippen LogP contribution in [0, 0.1) is 17.8 Å². The van der Waals surface area contributed by atoms with Gasteiger partial charge in [-0.05, 0) is 37.2 Å². The van der Waals surface area contributed by atoms with Crippen molar-refractivity contribution < 1.29 is 0 Å².